The van der Waals surface area contributed by atoms with E-state index in [4.69, 9.17) is 23.2 Å². The van der Waals surface area contributed by atoms with E-state index in [-0.39, 0.29) is 21.3 Å². The van der Waals surface area contributed by atoms with Crippen LogP contribution in [0.4, 0.5) is 0 Å². The van der Waals surface area contributed by atoms with Crippen molar-refractivity contribution >= 4 is 29.5 Å². The lowest BCUT2D eigenvalue weighted by atomic mass is 9.87. The fourth-order valence-corrected chi connectivity index (χ4v) is 2.24. The Morgan fingerprint density at radius 3 is 1.90 bits per heavy atom. The fourth-order valence-electron chi connectivity index (χ4n) is 1.76. The Morgan fingerprint density at radius 1 is 1.00 bits per heavy atom. The highest BCUT2D eigenvalue weighted by molar-refractivity contribution is 6.37. The molecule has 0 bridgehead atoms. The van der Waals surface area contributed by atoms with E-state index < -0.39 is 0 Å². The number of hydrogen-bond donors (Lipinski definition) is 0. The number of nitrogens with zero attached hydrogens (tertiary/aromatic N) is 2. The SMILES string of the molecule is CC(C)(C)c1ccc(-c2nc(Cl)c(C=O)c(Cl)n2)cc1. The predicted octanol–water partition coefficient (Wildman–Crippen LogP) is 4.56. The number of benzene rings is 1. The molecular formula is C15H14Cl2N2O. The molecule has 5 heteroatoms. The van der Waals surface area contributed by atoms with E-state index in [9.17, 15) is 4.79 Å². The topological polar surface area (TPSA) is 42.9 Å². The first-order valence-corrected chi connectivity index (χ1v) is 6.87. The summed E-state index contributed by atoms with van der Waals surface area (Å²) in [5.41, 5.74) is 2.21. The zero-order chi connectivity index (χ0) is 14.9. The Bertz CT molecular complexity index is 623. The van der Waals surface area contributed by atoms with Crippen molar-refractivity contribution in [3.63, 3.8) is 0 Å². The van der Waals surface area contributed by atoms with Crippen LogP contribution in [0.25, 0.3) is 11.4 Å². The molecule has 0 aliphatic heterocycles. The molecule has 0 saturated heterocycles. The standard InChI is InChI=1S/C15H14Cl2N2O/c1-15(2,3)10-6-4-9(5-7-10)14-18-12(16)11(8-20)13(17)19-14/h4-8H,1-3H3. The van der Waals surface area contributed by atoms with Crippen LogP contribution < -0.4 is 0 Å². The van der Waals surface area contributed by atoms with E-state index in [0.717, 1.165) is 5.56 Å². The van der Waals surface area contributed by atoms with Gasteiger partial charge in [-0.2, -0.15) is 0 Å². The van der Waals surface area contributed by atoms with Crippen molar-refractivity contribution in [3.05, 3.63) is 45.7 Å². The van der Waals surface area contributed by atoms with Gasteiger partial charge in [-0.3, -0.25) is 4.79 Å². The molecule has 0 unspecified atom stereocenters. The van der Waals surface area contributed by atoms with Crippen LogP contribution >= 0.6 is 23.2 Å². The maximum atomic E-state index is 10.8. The fraction of sp³-hybridized carbons (Fsp3) is 0.267. The second-order valence-electron chi connectivity index (χ2n) is 5.49. The van der Waals surface area contributed by atoms with E-state index in [0.29, 0.717) is 12.1 Å². The number of carbonyl (C=O) groups excluding carboxylic acids is 1. The molecule has 1 aromatic carbocycles. The number of carbonyl (C=O) groups is 1. The molecule has 3 nitrogen and oxygen atoms in total. The van der Waals surface area contributed by atoms with Crippen molar-refractivity contribution in [2.24, 2.45) is 0 Å². The Kier molecular flexibility index (Phi) is 4.11. The minimum absolute atomic E-state index is 0.0647. The molecule has 0 fully saturated rings. The normalized spacial score (nSPS) is 11.4. The Balaban J connectivity index is 2.45. The van der Waals surface area contributed by atoms with Gasteiger partial charge in [-0.05, 0) is 11.0 Å². The lowest BCUT2D eigenvalue weighted by Crippen LogP contribution is -2.10. The number of hydrogen-bond acceptors (Lipinski definition) is 3. The van der Waals surface area contributed by atoms with Gasteiger partial charge in [-0.25, -0.2) is 9.97 Å². The molecule has 0 N–H and O–H groups in total. The molecule has 0 spiro atoms. The number of halogens is 2. The summed E-state index contributed by atoms with van der Waals surface area (Å²) in [5.74, 6) is 0.408. The molecule has 2 rings (SSSR count). The summed E-state index contributed by atoms with van der Waals surface area (Å²) in [5, 5.41) is 0.129. The Labute approximate surface area is 128 Å². The van der Waals surface area contributed by atoms with Crippen molar-refractivity contribution in [1.29, 1.82) is 0 Å². The summed E-state index contributed by atoms with van der Waals surface area (Å²) in [4.78, 5) is 19.0. The molecular weight excluding hydrogens is 295 g/mol. The van der Waals surface area contributed by atoms with Gasteiger partial charge in [0, 0.05) is 5.56 Å². The minimum Gasteiger partial charge on any atom is -0.298 e. The summed E-state index contributed by atoms with van der Waals surface area (Å²) in [6.07, 6.45) is 0.553. The predicted molar refractivity (Wildman–Crippen MR) is 81.6 cm³/mol. The molecule has 0 radical (unpaired) electrons. The third-order valence-corrected chi connectivity index (χ3v) is 3.56. The highest BCUT2D eigenvalue weighted by Crippen LogP contribution is 2.27. The maximum absolute atomic E-state index is 10.8. The molecule has 0 aliphatic carbocycles. The van der Waals surface area contributed by atoms with Gasteiger partial charge in [0.2, 0.25) is 0 Å². The second-order valence-corrected chi connectivity index (χ2v) is 6.20. The van der Waals surface area contributed by atoms with Crippen molar-refractivity contribution in [3.8, 4) is 11.4 Å². The number of aldehydes is 1. The summed E-state index contributed by atoms with van der Waals surface area (Å²) in [6, 6.07) is 7.88. The Morgan fingerprint density at radius 2 is 1.50 bits per heavy atom. The van der Waals surface area contributed by atoms with E-state index >= 15 is 0 Å². The number of aromatic nitrogens is 2. The lowest BCUT2D eigenvalue weighted by Gasteiger charge is -2.19. The van der Waals surface area contributed by atoms with Crippen molar-refractivity contribution < 1.29 is 4.79 Å². The van der Waals surface area contributed by atoms with Crippen LogP contribution in [0.15, 0.2) is 24.3 Å². The average Bonchev–Trinajstić information content (AvgIpc) is 2.37. The molecule has 0 amide bonds. The number of rotatable bonds is 2. The van der Waals surface area contributed by atoms with E-state index in [1.807, 2.05) is 24.3 Å². The first kappa shape index (κ1) is 14.9. The third-order valence-electron chi connectivity index (χ3n) is 2.98. The third kappa shape index (κ3) is 3.00. The van der Waals surface area contributed by atoms with E-state index in [1.165, 1.54) is 5.56 Å². The summed E-state index contributed by atoms with van der Waals surface area (Å²) >= 11 is 11.8. The summed E-state index contributed by atoms with van der Waals surface area (Å²) in [6.45, 7) is 6.43. The Hall–Kier alpha value is -1.45. The van der Waals surface area contributed by atoms with Crippen molar-refractivity contribution in [2.45, 2.75) is 26.2 Å². The average molecular weight is 309 g/mol. The molecule has 104 valence electrons. The molecule has 0 atom stereocenters. The van der Waals surface area contributed by atoms with Gasteiger partial charge in [0.15, 0.2) is 12.1 Å². The van der Waals surface area contributed by atoms with Crippen LogP contribution in [-0.4, -0.2) is 16.3 Å². The summed E-state index contributed by atoms with van der Waals surface area (Å²) < 4.78 is 0. The minimum atomic E-state index is 0.0647. The summed E-state index contributed by atoms with van der Waals surface area (Å²) in [7, 11) is 0. The smallest absolute Gasteiger partial charge is 0.162 e. The van der Waals surface area contributed by atoms with Gasteiger partial charge >= 0.3 is 0 Å². The zero-order valence-corrected chi connectivity index (χ0v) is 13.0. The van der Waals surface area contributed by atoms with Crippen LogP contribution in [0.3, 0.4) is 0 Å². The second kappa shape index (κ2) is 5.51. The van der Waals surface area contributed by atoms with Gasteiger partial charge in [0.25, 0.3) is 0 Å². The largest absolute Gasteiger partial charge is 0.298 e. The van der Waals surface area contributed by atoms with Gasteiger partial charge in [-0.15, -0.1) is 0 Å². The quantitative estimate of drug-likeness (QED) is 0.603. The van der Waals surface area contributed by atoms with Gasteiger partial charge in [0.1, 0.15) is 10.3 Å². The zero-order valence-electron chi connectivity index (χ0n) is 11.4. The van der Waals surface area contributed by atoms with Crippen LogP contribution in [0.1, 0.15) is 36.7 Å². The van der Waals surface area contributed by atoms with Crippen molar-refractivity contribution in [2.75, 3.05) is 0 Å². The van der Waals surface area contributed by atoms with Crippen LogP contribution in [-0.2, 0) is 5.41 Å². The van der Waals surface area contributed by atoms with E-state index in [2.05, 4.69) is 30.7 Å². The van der Waals surface area contributed by atoms with Gasteiger partial charge < -0.3 is 0 Å². The maximum Gasteiger partial charge on any atom is 0.162 e. The molecule has 2 aromatic rings. The van der Waals surface area contributed by atoms with Crippen LogP contribution in [0.2, 0.25) is 10.3 Å². The first-order chi connectivity index (χ1) is 9.32. The molecule has 1 aromatic heterocycles. The van der Waals surface area contributed by atoms with E-state index in [1.54, 1.807) is 0 Å². The van der Waals surface area contributed by atoms with Gasteiger partial charge in [-0.1, -0.05) is 68.2 Å². The molecule has 1 heterocycles. The monoisotopic (exact) mass is 308 g/mol. The molecule has 0 saturated carbocycles. The lowest BCUT2D eigenvalue weighted by molar-refractivity contribution is 0.112. The van der Waals surface area contributed by atoms with Crippen LogP contribution in [0, 0.1) is 0 Å². The highest BCUT2D eigenvalue weighted by Gasteiger charge is 2.15. The highest BCUT2D eigenvalue weighted by atomic mass is 35.5. The molecule has 0 aliphatic rings. The first-order valence-electron chi connectivity index (χ1n) is 6.12. The molecule has 20 heavy (non-hydrogen) atoms. The van der Waals surface area contributed by atoms with Crippen LogP contribution in [0.5, 0.6) is 0 Å². The van der Waals surface area contributed by atoms with Crippen molar-refractivity contribution in [1.82, 2.24) is 9.97 Å². The van der Waals surface area contributed by atoms with Gasteiger partial charge in [0.05, 0.1) is 5.56 Å².